The molecule has 11 nitrogen and oxygen atoms in total. The molecule has 0 saturated carbocycles. The van der Waals surface area contributed by atoms with E-state index in [1.54, 1.807) is 24.3 Å². The molecule has 0 aliphatic carbocycles. The van der Waals surface area contributed by atoms with E-state index in [9.17, 15) is 9.59 Å². The molecular formula is C21H16N6O5. The highest BCUT2D eigenvalue weighted by Gasteiger charge is 2.16. The molecule has 3 heterocycles. The highest BCUT2D eigenvalue weighted by Crippen LogP contribution is 2.32. The van der Waals surface area contributed by atoms with Crippen molar-refractivity contribution in [1.29, 1.82) is 0 Å². The Balaban J connectivity index is 1.20. The predicted octanol–water partition coefficient (Wildman–Crippen LogP) is 1.60. The maximum absolute atomic E-state index is 12.5. The molecule has 2 amide bonds. The number of aromatic nitrogens is 4. The Bertz CT molecular complexity index is 1320. The van der Waals surface area contributed by atoms with E-state index in [2.05, 4.69) is 35.5 Å². The molecule has 0 bridgehead atoms. The van der Waals surface area contributed by atoms with E-state index in [1.807, 2.05) is 12.1 Å². The number of carbonyl (C=O) groups excluding carboxylic acids is 2. The molecule has 2 N–H and O–H groups in total. The molecule has 1 aliphatic rings. The number of fused-ring (bicyclic) bond motifs is 2. The van der Waals surface area contributed by atoms with Crippen molar-refractivity contribution in [3.63, 3.8) is 0 Å². The van der Waals surface area contributed by atoms with Crippen molar-refractivity contribution in [2.24, 2.45) is 0 Å². The number of amides is 2. The molecular weight excluding hydrogens is 416 g/mol. The molecule has 160 valence electrons. The summed E-state index contributed by atoms with van der Waals surface area (Å²) in [5.41, 5.74) is 3.05. The number of ether oxygens (including phenoxy) is 2. The van der Waals surface area contributed by atoms with Crippen LogP contribution in [0.15, 0.2) is 53.4 Å². The third-order valence-electron chi connectivity index (χ3n) is 4.79. The molecule has 0 saturated heterocycles. The van der Waals surface area contributed by atoms with Crippen LogP contribution in [0.2, 0.25) is 0 Å². The van der Waals surface area contributed by atoms with Crippen LogP contribution >= 0.6 is 0 Å². The highest BCUT2D eigenvalue weighted by molar-refractivity contribution is 5.97. The van der Waals surface area contributed by atoms with Crippen molar-refractivity contribution in [2.45, 2.75) is 13.1 Å². The molecule has 0 atom stereocenters. The third-order valence-corrected chi connectivity index (χ3v) is 4.79. The van der Waals surface area contributed by atoms with Gasteiger partial charge in [-0.1, -0.05) is 12.1 Å². The van der Waals surface area contributed by atoms with Gasteiger partial charge in [0.25, 0.3) is 11.8 Å². The average Bonchev–Trinajstić information content (AvgIpc) is 3.49. The van der Waals surface area contributed by atoms with Gasteiger partial charge in [0.1, 0.15) is 28.7 Å². The Hall–Kier alpha value is -4.54. The number of rotatable bonds is 6. The van der Waals surface area contributed by atoms with Gasteiger partial charge >= 0.3 is 0 Å². The number of hydrogen-bond donors (Lipinski definition) is 2. The smallest absolute Gasteiger partial charge is 0.270 e. The van der Waals surface area contributed by atoms with Crippen molar-refractivity contribution in [2.75, 3.05) is 6.79 Å². The predicted molar refractivity (Wildman–Crippen MR) is 109 cm³/mol. The van der Waals surface area contributed by atoms with Gasteiger partial charge in [0.05, 0.1) is 0 Å². The number of benzene rings is 2. The first-order chi connectivity index (χ1) is 15.7. The second-order valence-corrected chi connectivity index (χ2v) is 6.93. The number of nitrogens with zero attached hydrogens (tertiary/aromatic N) is 4. The van der Waals surface area contributed by atoms with E-state index in [-0.39, 0.29) is 31.3 Å². The maximum Gasteiger partial charge on any atom is 0.270 e. The van der Waals surface area contributed by atoms with Crippen molar-refractivity contribution < 1.29 is 23.7 Å². The highest BCUT2D eigenvalue weighted by atomic mass is 16.7. The van der Waals surface area contributed by atoms with Crippen LogP contribution < -0.4 is 20.1 Å². The second-order valence-electron chi connectivity index (χ2n) is 6.93. The molecule has 11 heteroatoms. The Kier molecular flexibility index (Phi) is 5.04. The molecule has 5 rings (SSSR count). The summed E-state index contributed by atoms with van der Waals surface area (Å²) >= 11 is 0. The molecule has 0 radical (unpaired) electrons. The van der Waals surface area contributed by atoms with Gasteiger partial charge in [-0.05, 0) is 45.7 Å². The van der Waals surface area contributed by atoms with Crippen molar-refractivity contribution in [1.82, 2.24) is 30.9 Å². The van der Waals surface area contributed by atoms with Crippen LogP contribution in [0.5, 0.6) is 11.5 Å². The molecule has 0 fully saturated rings. The zero-order valence-corrected chi connectivity index (χ0v) is 16.6. The monoisotopic (exact) mass is 432 g/mol. The van der Waals surface area contributed by atoms with Gasteiger partial charge in [-0.15, -0.1) is 0 Å². The normalized spacial score (nSPS) is 12.0. The minimum absolute atomic E-state index is 0.0809. The first-order valence-corrected chi connectivity index (χ1v) is 9.64. The Morgan fingerprint density at radius 3 is 2.22 bits per heavy atom. The van der Waals surface area contributed by atoms with Gasteiger partial charge in [-0.3, -0.25) is 9.59 Å². The largest absolute Gasteiger partial charge is 0.454 e. The molecule has 2 aromatic heterocycles. The summed E-state index contributed by atoms with van der Waals surface area (Å²) in [7, 11) is 0. The fraction of sp³-hybridized carbons (Fsp3) is 0.143. The van der Waals surface area contributed by atoms with Gasteiger partial charge < -0.3 is 20.1 Å². The summed E-state index contributed by atoms with van der Waals surface area (Å²) in [5.74, 6) is 0.444. The Morgan fingerprint density at radius 1 is 0.781 bits per heavy atom. The van der Waals surface area contributed by atoms with Crippen molar-refractivity contribution in [3.05, 3.63) is 71.3 Å². The van der Waals surface area contributed by atoms with E-state index in [0.29, 0.717) is 22.5 Å². The molecule has 32 heavy (non-hydrogen) atoms. The topological polar surface area (TPSA) is 141 Å². The lowest BCUT2D eigenvalue weighted by Gasteiger charge is -2.08. The third kappa shape index (κ3) is 4.03. The maximum atomic E-state index is 12.5. The molecule has 0 spiro atoms. The fourth-order valence-corrected chi connectivity index (χ4v) is 3.14. The molecule has 4 aromatic rings. The summed E-state index contributed by atoms with van der Waals surface area (Å²) in [4.78, 5) is 32.9. The lowest BCUT2D eigenvalue weighted by molar-refractivity contribution is 0.0944. The Morgan fingerprint density at radius 2 is 1.44 bits per heavy atom. The summed E-state index contributed by atoms with van der Waals surface area (Å²) in [6.07, 6.45) is 1.18. The van der Waals surface area contributed by atoms with Gasteiger partial charge in [0.15, 0.2) is 11.5 Å². The van der Waals surface area contributed by atoms with Crippen LogP contribution in [0.25, 0.3) is 11.0 Å². The van der Waals surface area contributed by atoms with Gasteiger partial charge in [-0.2, -0.15) is 0 Å². The minimum Gasteiger partial charge on any atom is -0.454 e. The van der Waals surface area contributed by atoms with Gasteiger partial charge in [0, 0.05) is 19.2 Å². The first kappa shape index (κ1) is 19.4. The quantitative estimate of drug-likeness (QED) is 0.465. The van der Waals surface area contributed by atoms with E-state index < -0.39 is 11.8 Å². The molecule has 0 unspecified atom stereocenters. The van der Waals surface area contributed by atoms with Crippen LogP contribution in [0.3, 0.4) is 0 Å². The SMILES string of the molecule is O=C(NCc1ccc2c(c1)OCO2)c1cc(C(=O)NCc2ccc3nonc3c2)ncn1. The summed E-state index contributed by atoms with van der Waals surface area (Å²) in [6.45, 7) is 0.695. The van der Waals surface area contributed by atoms with E-state index in [1.165, 1.54) is 12.4 Å². The average molecular weight is 432 g/mol. The minimum atomic E-state index is -0.435. The van der Waals surface area contributed by atoms with Crippen LogP contribution in [0, 0.1) is 0 Å². The number of carbonyl (C=O) groups is 2. The lowest BCUT2D eigenvalue weighted by Crippen LogP contribution is -2.27. The molecule has 2 aromatic carbocycles. The van der Waals surface area contributed by atoms with Gasteiger partial charge in [-0.25, -0.2) is 14.6 Å². The summed E-state index contributed by atoms with van der Waals surface area (Å²) in [6, 6.07) is 12.1. The Labute approximate surface area is 180 Å². The first-order valence-electron chi connectivity index (χ1n) is 9.64. The van der Waals surface area contributed by atoms with E-state index in [4.69, 9.17) is 9.47 Å². The van der Waals surface area contributed by atoms with E-state index in [0.717, 1.165) is 11.1 Å². The van der Waals surface area contributed by atoms with Crippen LogP contribution in [-0.2, 0) is 13.1 Å². The zero-order chi connectivity index (χ0) is 21.9. The standard InChI is InChI=1S/C21H16N6O5/c28-20(22-8-12-1-3-14-15(5-12)27-32-26-14)16-7-17(25-10-24-16)21(29)23-9-13-2-4-18-19(6-13)31-11-30-18/h1-7,10H,8-9,11H2,(H,22,28)(H,23,29). The van der Waals surface area contributed by atoms with Crippen LogP contribution in [-0.4, -0.2) is 38.9 Å². The summed E-state index contributed by atoms with van der Waals surface area (Å²) in [5, 5.41) is 13.0. The van der Waals surface area contributed by atoms with Crippen molar-refractivity contribution in [3.8, 4) is 11.5 Å². The molecule has 1 aliphatic heterocycles. The number of nitrogens with one attached hydrogen (secondary N) is 2. The second kappa shape index (κ2) is 8.30. The van der Waals surface area contributed by atoms with Crippen molar-refractivity contribution >= 4 is 22.8 Å². The van der Waals surface area contributed by atoms with Gasteiger partial charge in [0.2, 0.25) is 6.79 Å². The number of hydrogen-bond acceptors (Lipinski definition) is 9. The zero-order valence-electron chi connectivity index (χ0n) is 16.6. The fourth-order valence-electron chi connectivity index (χ4n) is 3.14. The van der Waals surface area contributed by atoms with Crippen LogP contribution in [0.4, 0.5) is 0 Å². The summed E-state index contributed by atoms with van der Waals surface area (Å²) < 4.78 is 15.3. The van der Waals surface area contributed by atoms with E-state index >= 15 is 0 Å². The van der Waals surface area contributed by atoms with Crippen LogP contribution in [0.1, 0.15) is 32.1 Å². The lowest BCUT2D eigenvalue weighted by atomic mass is 10.2.